The van der Waals surface area contributed by atoms with Gasteiger partial charge in [0, 0.05) is 12.3 Å². The van der Waals surface area contributed by atoms with E-state index in [1.54, 1.807) is 23.9 Å². The number of hydrogen-bond acceptors (Lipinski definition) is 2. The van der Waals surface area contributed by atoms with Crippen molar-refractivity contribution < 1.29 is 9.18 Å². The number of rotatable bonds is 6. The van der Waals surface area contributed by atoms with Gasteiger partial charge in [-0.15, -0.1) is 11.8 Å². The predicted octanol–water partition coefficient (Wildman–Crippen LogP) is 4.53. The number of carbonyl (C=O) groups is 1. The molecule has 3 aromatic rings. The number of thioether (sulfide) groups is 1. The molecule has 3 rings (SSSR count). The number of carbonyl (C=O) groups excluding carboxylic acids is 1. The van der Waals surface area contributed by atoms with Crippen LogP contribution in [0.15, 0.2) is 66.7 Å². The number of amides is 1. The van der Waals surface area contributed by atoms with E-state index in [1.165, 1.54) is 28.5 Å². The minimum Gasteiger partial charge on any atom is -0.351 e. The van der Waals surface area contributed by atoms with Crippen LogP contribution in [0.1, 0.15) is 11.1 Å². The highest BCUT2D eigenvalue weighted by Gasteiger charge is 2.04. The monoisotopic (exact) mass is 339 g/mol. The van der Waals surface area contributed by atoms with Crippen LogP contribution in [0.2, 0.25) is 0 Å². The highest BCUT2D eigenvalue weighted by atomic mass is 32.2. The van der Waals surface area contributed by atoms with Gasteiger partial charge in [0.05, 0.1) is 5.75 Å². The molecule has 0 heterocycles. The Bertz CT molecular complexity index is 827. The summed E-state index contributed by atoms with van der Waals surface area (Å²) in [7, 11) is 0. The summed E-state index contributed by atoms with van der Waals surface area (Å²) in [6.45, 7) is 0.425. The Morgan fingerprint density at radius 1 is 0.958 bits per heavy atom. The Kier molecular flexibility index (Phi) is 5.49. The first-order valence-corrected chi connectivity index (χ1v) is 8.93. The quantitative estimate of drug-likeness (QED) is 0.715. The third kappa shape index (κ3) is 4.36. The molecule has 0 aliphatic carbocycles. The molecule has 3 aromatic carbocycles. The minimum absolute atomic E-state index is 0.00967. The van der Waals surface area contributed by atoms with Crippen molar-refractivity contribution in [1.29, 1.82) is 0 Å². The first kappa shape index (κ1) is 16.5. The van der Waals surface area contributed by atoms with Crippen LogP contribution in [0.5, 0.6) is 0 Å². The summed E-state index contributed by atoms with van der Waals surface area (Å²) < 4.78 is 12.8. The van der Waals surface area contributed by atoms with Crippen molar-refractivity contribution in [2.24, 2.45) is 0 Å². The molecule has 0 radical (unpaired) electrons. The zero-order chi connectivity index (χ0) is 16.8. The first-order valence-electron chi connectivity index (χ1n) is 7.78. The van der Waals surface area contributed by atoms with Gasteiger partial charge in [0.1, 0.15) is 5.82 Å². The molecule has 0 aliphatic heterocycles. The lowest BCUT2D eigenvalue weighted by atomic mass is 10.1. The molecule has 0 unspecified atom stereocenters. The number of fused-ring (bicyclic) bond motifs is 1. The molecule has 2 nitrogen and oxygen atoms in total. The molecular weight excluding hydrogens is 321 g/mol. The summed E-state index contributed by atoms with van der Waals surface area (Å²) in [5, 5.41) is 5.31. The van der Waals surface area contributed by atoms with Crippen LogP contribution in [0.25, 0.3) is 10.8 Å². The maximum Gasteiger partial charge on any atom is 0.230 e. The van der Waals surface area contributed by atoms with Crippen LogP contribution in [0.3, 0.4) is 0 Å². The van der Waals surface area contributed by atoms with Gasteiger partial charge in [-0.05, 0) is 34.0 Å². The number of halogens is 1. The lowest BCUT2D eigenvalue weighted by molar-refractivity contribution is -0.118. The molecule has 0 saturated carbocycles. The second-order valence-corrected chi connectivity index (χ2v) is 6.52. The molecule has 0 spiro atoms. The van der Waals surface area contributed by atoms with Gasteiger partial charge >= 0.3 is 0 Å². The van der Waals surface area contributed by atoms with Gasteiger partial charge in [-0.3, -0.25) is 4.79 Å². The summed E-state index contributed by atoms with van der Waals surface area (Å²) in [4.78, 5) is 11.9. The fraction of sp³-hybridized carbons (Fsp3) is 0.150. The maximum atomic E-state index is 12.8. The van der Waals surface area contributed by atoms with Crippen molar-refractivity contribution in [3.8, 4) is 0 Å². The van der Waals surface area contributed by atoms with Gasteiger partial charge < -0.3 is 5.32 Å². The summed E-state index contributed by atoms with van der Waals surface area (Å²) in [5.41, 5.74) is 2.13. The van der Waals surface area contributed by atoms with Gasteiger partial charge in [0.15, 0.2) is 0 Å². The van der Waals surface area contributed by atoms with Gasteiger partial charge in [0.2, 0.25) is 5.91 Å². The van der Waals surface area contributed by atoms with E-state index in [-0.39, 0.29) is 11.7 Å². The average Bonchev–Trinajstić information content (AvgIpc) is 2.61. The van der Waals surface area contributed by atoms with Gasteiger partial charge in [-0.2, -0.15) is 0 Å². The van der Waals surface area contributed by atoms with Crippen molar-refractivity contribution in [3.05, 3.63) is 83.7 Å². The molecule has 122 valence electrons. The summed E-state index contributed by atoms with van der Waals surface area (Å²) in [6.07, 6.45) is 0. The van der Waals surface area contributed by atoms with Crippen molar-refractivity contribution >= 4 is 28.4 Å². The van der Waals surface area contributed by atoms with Gasteiger partial charge in [0.25, 0.3) is 0 Å². The van der Waals surface area contributed by atoms with Crippen LogP contribution < -0.4 is 5.32 Å². The number of hydrogen-bond donors (Lipinski definition) is 1. The van der Waals surface area contributed by atoms with Crippen molar-refractivity contribution in [1.82, 2.24) is 5.32 Å². The molecule has 4 heteroatoms. The maximum absolute atomic E-state index is 12.8. The topological polar surface area (TPSA) is 29.1 Å². The second kappa shape index (κ2) is 7.97. The predicted molar refractivity (Wildman–Crippen MR) is 98.4 cm³/mol. The highest BCUT2D eigenvalue weighted by molar-refractivity contribution is 7.99. The lowest BCUT2D eigenvalue weighted by Crippen LogP contribution is -2.24. The fourth-order valence-corrected chi connectivity index (χ4v) is 3.39. The Labute approximate surface area is 145 Å². The molecule has 0 bridgehead atoms. The van der Waals surface area contributed by atoms with E-state index in [0.29, 0.717) is 12.3 Å². The van der Waals surface area contributed by atoms with E-state index in [2.05, 4.69) is 29.6 Å². The first-order chi connectivity index (χ1) is 11.7. The second-order valence-electron chi connectivity index (χ2n) is 5.53. The van der Waals surface area contributed by atoms with E-state index in [4.69, 9.17) is 0 Å². The molecule has 24 heavy (non-hydrogen) atoms. The molecule has 1 amide bonds. The Morgan fingerprint density at radius 3 is 2.54 bits per heavy atom. The summed E-state index contributed by atoms with van der Waals surface area (Å²) >= 11 is 1.59. The van der Waals surface area contributed by atoms with Crippen LogP contribution in [0.4, 0.5) is 4.39 Å². The van der Waals surface area contributed by atoms with E-state index in [1.807, 2.05) is 18.2 Å². The van der Waals surface area contributed by atoms with Crippen LogP contribution in [0, 0.1) is 5.82 Å². The SMILES string of the molecule is O=C(CSCc1cccc2ccccc12)NCc1ccc(F)cc1. The fourth-order valence-electron chi connectivity index (χ4n) is 2.53. The van der Waals surface area contributed by atoms with E-state index >= 15 is 0 Å². The van der Waals surface area contributed by atoms with Crippen molar-refractivity contribution in [3.63, 3.8) is 0 Å². The van der Waals surface area contributed by atoms with Crippen LogP contribution in [-0.2, 0) is 17.1 Å². The smallest absolute Gasteiger partial charge is 0.230 e. The lowest BCUT2D eigenvalue weighted by Gasteiger charge is -2.07. The molecule has 0 aliphatic rings. The molecule has 1 N–H and O–H groups in total. The van der Waals surface area contributed by atoms with E-state index in [0.717, 1.165) is 11.3 Å². The van der Waals surface area contributed by atoms with Crippen LogP contribution >= 0.6 is 11.8 Å². The molecule has 0 aromatic heterocycles. The average molecular weight is 339 g/mol. The minimum atomic E-state index is -0.268. The van der Waals surface area contributed by atoms with E-state index < -0.39 is 0 Å². The van der Waals surface area contributed by atoms with Crippen molar-refractivity contribution in [2.45, 2.75) is 12.3 Å². The molecule has 0 fully saturated rings. The Morgan fingerprint density at radius 2 is 1.71 bits per heavy atom. The molecule has 0 atom stereocenters. The Hall–Kier alpha value is -2.33. The zero-order valence-electron chi connectivity index (χ0n) is 13.2. The zero-order valence-corrected chi connectivity index (χ0v) is 14.0. The summed E-state index contributed by atoms with van der Waals surface area (Å²) in [6, 6.07) is 20.7. The van der Waals surface area contributed by atoms with Crippen molar-refractivity contribution in [2.75, 3.05) is 5.75 Å². The van der Waals surface area contributed by atoms with E-state index in [9.17, 15) is 9.18 Å². The normalized spacial score (nSPS) is 10.7. The standard InChI is InChI=1S/C20H18FNOS/c21-18-10-8-15(9-11-18)12-22-20(23)14-24-13-17-6-3-5-16-4-1-2-7-19(16)17/h1-11H,12-14H2,(H,22,23). The Balaban J connectivity index is 1.48. The summed E-state index contributed by atoms with van der Waals surface area (Å²) in [5.74, 6) is 0.927. The molecular formula is C20H18FNOS. The number of nitrogens with one attached hydrogen (secondary N) is 1. The third-order valence-electron chi connectivity index (χ3n) is 3.77. The van der Waals surface area contributed by atoms with Gasteiger partial charge in [-0.25, -0.2) is 4.39 Å². The number of benzene rings is 3. The van der Waals surface area contributed by atoms with Crippen LogP contribution in [-0.4, -0.2) is 11.7 Å². The molecule has 0 saturated heterocycles. The van der Waals surface area contributed by atoms with Gasteiger partial charge in [-0.1, -0.05) is 54.6 Å². The largest absolute Gasteiger partial charge is 0.351 e. The highest BCUT2D eigenvalue weighted by Crippen LogP contribution is 2.22. The third-order valence-corrected chi connectivity index (χ3v) is 4.76.